The fourth-order valence-corrected chi connectivity index (χ4v) is 11.5. The SMILES string of the molecule is c1ccc2c(c1)c1ccccc1c1cc(-c3ccc(-n4c5ccccc5c5cc6c(cc54)n4c5ccccc5c5cccc(c7cccc8c9ccccc9n6c87)c54)cc3)ccc21. The summed E-state index contributed by atoms with van der Waals surface area (Å²) in [5.41, 5.74) is 13.2. The number of benzene rings is 11. The van der Waals surface area contributed by atoms with Gasteiger partial charge in [0.25, 0.3) is 0 Å². The first kappa shape index (κ1) is 33.3. The maximum Gasteiger partial charge on any atom is 0.0724 e. The fourth-order valence-electron chi connectivity index (χ4n) is 11.5. The van der Waals surface area contributed by atoms with Gasteiger partial charge in [0.1, 0.15) is 0 Å². The second kappa shape index (κ2) is 12.1. The molecule has 0 N–H and O–H groups in total. The summed E-state index contributed by atoms with van der Waals surface area (Å²) in [6.45, 7) is 0. The Morgan fingerprint density at radius 1 is 0.206 bits per heavy atom. The molecule has 0 saturated carbocycles. The molecule has 0 aliphatic rings. The van der Waals surface area contributed by atoms with Gasteiger partial charge < -0.3 is 13.4 Å². The summed E-state index contributed by atoms with van der Waals surface area (Å²) in [4.78, 5) is 0. The van der Waals surface area contributed by atoms with Crippen molar-refractivity contribution in [3.63, 3.8) is 0 Å². The molecule has 15 rings (SSSR count). The monoisotopic (exact) mass is 797 g/mol. The highest BCUT2D eigenvalue weighted by molar-refractivity contribution is 6.27. The van der Waals surface area contributed by atoms with Crippen LogP contribution >= 0.6 is 0 Å². The number of rotatable bonds is 2. The maximum atomic E-state index is 2.54. The van der Waals surface area contributed by atoms with Crippen molar-refractivity contribution in [2.75, 3.05) is 0 Å². The van der Waals surface area contributed by atoms with Gasteiger partial charge in [0.2, 0.25) is 0 Å². The summed E-state index contributed by atoms with van der Waals surface area (Å²) in [7, 11) is 0. The summed E-state index contributed by atoms with van der Waals surface area (Å²) < 4.78 is 7.56. The van der Waals surface area contributed by atoms with E-state index in [1.165, 1.54) is 125 Å². The number of nitrogens with zero attached hydrogens (tertiary/aromatic N) is 3. The van der Waals surface area contributed by atoms with E-state index < -0.39 is 0 Å². The Labute approximate surface area is 360 Å². The van der Waals surface area contributed by atoms with E-state index in [2.05, 4.69) is 226 Å². The Morgan fingerprint density at radius 3 is 1.16 bits per heavy atom. The van der Waals surface area contributed by atoms with Crippen LogP contribution in [0.2, 0.25) is 0 Å². The smallest absolute Gasteiger partial charge is 0.0724 e. The first-order chi connectivity index (χ1) is 31.3. The molecule has 0 atom stereocenters. The van der Waals surface area contributed by atoms with E-state index >= 15 is 0 Å². The molecule has 4 aromatic heterocycles. The minimum absolute atomic E-state index is 1.13. The Morgan fingerprint density at radius 2 is 0.603 bits per heavy atom. The van der Waals surface area contributed by atoms with Gasteiger partial charge >= 0.3 is 0 Å². The van der Waals surface area contributed by atoms with Crippen molar-refractivity contribution in [1.29, 1.82) is 0 Å². The second-order valence-electron chi connectivity index (χ2n) is 17.2. The molecule has 63 heavy (non-hydrogen) atoms. The van der Waals surface area contributed by atoms with Crippen LogP contribution in [0.4, 0.5) is 0 Å². The van der Waals surface area contributed by atoms with Crippen LogP contribution in [0.25, 0.3) is 136 Å². The van der Waals surface area contributed by atoms with E-state index in [0.29, 0.717) is 0 Å². The topological polar surface area (TPSA) is 13.8 Å². The van der Waals surface area contributed by atoms with Gasteiger partial charge in [0.05, 0.1) is 44.1 Å². The molecule has 0 bridgehead atoms. The lowest BCUT2D eigenvalue weighted by molar-refractivity contribution is 1.18. The van der Waals surface area contributed by atoms with Crippen LogP contribution in [0.15, 0.2) is 212 Å². The van der Waals surface area contributed by atoms with E-state index in [4.69, 9.17) is 0 Å². The predicted octanol–water partition coefficient (Wildman–Crippen LogP) is 16.2. The van der Waals surface area contributed by atoms with Crippen molar-refractivity contribution in [1.82, 2.24) is 13.4 Å². The van der Waals surface area contributed by atoms with Gasteiger partial charge in [-0.2, -0.15) is 0 Å². The van der Waals surface area contributed by atoms with Crippen LogP contribution in [0.1, 0.15) is 0 Å². The van der Waals surface area contributed by atoms with E-state index in [1.54, 1.807) is 0 Å². The molecule has 0 aliphatic heterocycles. The van der Waals surface area contributed by atoms with Crippen molar-refractivity contribution >= 4 is 120 Å². The fraction of sp³-hybridized carbons (Fsp3) is 0. The molecule has 11 aromatic carbocycles. The van der Waals surface area contributed by atoms with Crippen molar-refractivity contribution in [2.24, 2.45) is 0 Å². The second-order valence-corrected chi connectivity index (χ2v) is 17.2. The first-order valence-electron chi connectivity index (χ1n) is 21.9. The average molecular weight is 798 g/mol. The third-order valence-corrected chi connectivity index (χ3v) is 14.1. The minimum Gasteiger partial charge on any atom is -0.309 e. The van der Waals surface area contributed by atoms with Gasteiger partial charge in [0, 0.05) is 48.8 Å². The van der Waals surface area contributed by atoms with Gasteiger partial charge in [-0.25, -0.2) is 0 Å². The lowest BCUT2D eigenvalue weighted by Gasteiger charge is -2.14. The molecule has 3 nitrogen and oxygen atoms in total. The van der Waals surface area contributed by atoms with Gasteiger partial charge in [-0.1, -0.05) is 164 Å². The molecule has 0 amide bonds. The lowest BCUT2D eigenvalue weighted by atomic mass is 9.92. The number of para-hydroxylation sites is 5. The Bertz CT molecular complexity index is 4450. The zero-order valence-electron chi connectivity index (χ0n) is 34.0. The summed E-state index contributed by atoms with van der Waals surface area (Å²) in [5, 5.41) is 17.8. The van der Waals surface area contributed by atoms with E-state index in [9.17, 15) is 0 Å². The molecule has 0 unspecified atom stereocenters. The van der Waals surface area contributed by atoms with Crippen molar-refractivity contribution < 1.29 is 0 Å². The highest BCUT2D eigenvalue weighted by Gasteiger charge is 2.21. The third-order valence-electron chi connectivity index (χ3n) is 14.1. The van der Waals surface area contributed by atoms with Crippen LogP contribution < -0.4 is 0 Å². The molecule has 15 aromatic rings. The van der Waals surface area contributed by atoms with Gasteiger partial charge in [-0.3, -0.25) is 0 Å². The highest BCUT2D eigenvalue weighted by atomic mass is 15.0. The largest absolute Gasteiger partial charge is 0.309 e. The molecule has 3 heteroatoms. The minimum atomic E-state index is 1.13. The number of hydrogen-bond acceptors (Lipinski definition) is 0. The van der Waals surface area contributed by atoms with Crippen molar-refractivity contribution in [2.45, 2.75) is 0 Å². The van der Waals surface area contributed by atoms with E-state index in [0.717, 1.165) is 11.2 Å². The maximum absolute atomic E-state index is 2.54. The predicted molar refractivity (Wildman–Crippen MR) is 268 cm³/mol. The molecular formula is C60H35N3. The van der Waals surface area contributed by atoms with Gasteiger partial charge in [0.15, 0.2) is 0 Å². The summed E-state index contributed by atoms with van der Waals surface area (Å²) >= 11 is 0. The van der Waals surface area contributed by atoms with Crippen LogP contribution in [-0.4, -0.2) is 13.4 Å². The molecule has 290 valence electrons. The average Bonchev–Trinajstić information content (AvgIpc) is 3.99. The van der Waals surface area contributed by atoms with E-state index in [1.807, 2.05) is 0 Å². The summed E-state index contributed by atoms with van der Waals surface area (Å²) in [6.07, 6.45) is 0. The van der Waals surface area contributed by atoms with Gasteiger partial charge in [-0.05, 0) is 92.0 Å². The number of aromatic nitrogens is 3. The Balaban J connectivity index is 1.04. The standard InChI is InChI=1S/C60H35N3/c1-2-15-41-39(13-1)40-14-3-4-16-42(40)51-33-37(29-32-43(41)51)36-27-30-38(31-28-36)61-53-24-8-7-19-46(53)52-34-57-58(35-56(52)61)63-55-26-10-6-18-45(55)48-21-12-23-50(60(48)63)49-22-11-20-47-44-17-5-9-25-54(44)62(57)59(47)49/h1-35H. The molecule has 0 radical (unpaired) electrons. The zero-order valence-corrected chi connectivity index (χ0v) is 34.0. The molecule has 0 saturated heterocycles. The van der Waals surface area contributed by atoms with Crippen LogP contribution in [-0.2, 0) is 0 Å². The molecular weight excluding hydrogens is 763 g/mol. The van der Waals surface area contributed by atoms with Crippen LogP contribution in [0.5, 0.6) is 0 Å². The van der Waals surface area contributed by atoms with Gasteiger partial charge in [-0.15, -0.1) is 0 Å². The number of fused-ring (bicyclic) bond motifs is 19. The highest BCUT2D eigenvalue weighted by Crippen LogP contribution is 2.43. The normalized spacial score (nSPS) is 12.4. The van der Waals surface area contributed by atoms with Crippen molar-refractivity contribution in [3.05, 3.63) is 212 Å². The summed E-state index contributed by atoms with van der Waals surface area (Å²) in [5.74, 6) is 0. The van der Waals surface area contributed by atoms with Crippen LogP contribution in [0.3, 0.4) is 0 Å². The number of hydrogen-bond donors (Lipinski definition) is 0. The molecule has 0 aliphatic carbocycles. The zero-order chi connectivity index (χ0) is 40.9. The Hall–Kier alpha value is -8.40. The Kier molecular flexibility index (Phi) is 6.41. The van der Waals surface area contributed by atoms with E-state index in [-0.39, 0.29) is 0 Å². The van der Waals surface area contributed by atoms with Crippen LogP contribution in [0, 0.1) is 0 Å². The summed E-state index contributed by atoms with van der Waals surface area (Å²) in [6, 6.07) is 79.2. The third kappa shape index (κ3) is 4.33. The molecule has 0 fully saturated rings. The van der Waals surface area contributed by atoms with Crippen molar-refractivity contribution in [3.8, 4) is 16.8 Å². The molecule has 0 spiro atoms. The first-order valence-corrected chi connectivity index (χ1v) is 21.9. The lowest BCUT2D eigenvalue weighted by Crippen LogP contribution is -1.97. The molecule has 4 heterocycles. The quantitative estimate of drug-likeness (QED) is 0.155.